The predicted molar refractivity (Wildman–Crippen MR) is 115 cm³/mol. The molecule has 0 saturated carbocycles. The second-order valence-electron chi connectivity index (χ2n) is 6.46. The summed E-state index contributed by atoms with van der Waals surface area (Å²) >= 11 is 6.49. The van der Waals surface area contributed by atoms with Crippen LogP contribution in [0.2, 0.25) is 5.02 Å². The molecule has 0 aliphatic heterocycles. The molecule has 0 spiro atoms. The van der Waals surface area contributed by atoms with Crippen LogP contribution in [0.25, 0.3) is 33.7 Å². The number of nitrogens with one attached hydrogen (secondary N) is 1. The van der Waals surface area contributed by atoms with Crippen LogP contribution < -0.4 is 10.2 Å². The summed E-state index contributed by atoms with van der Waals surface area (Å²) in [5.74, 6) is 1.19. The lowest BCUT2D eigenvalue weighted by molar-refractivity contribution is 1.00. The molecule has 2 aromatic carbocycles. The monoisotopic (exact) mass is 390 g/mol. The second kappa shape index (κ2) is 7.40. The minimum absolute atomic E-state index is 0.512. The first-order valence-corrected chi connectivity index (χ1v) is 9.21. The van der Waals surface area contributed by atoms with E-state index in [4.69, 9.17) is 21.6 Å². The third-order valence-electron chi connectivity index (χ3n) is 4.33. The summed E-state index contributed by atoms with van der Waals surface area (Å²) in [6.07, 6.45) is 0. The molecule has 28 heavy (non-hydrogen) atoms. The molecule has 0 bridgehead atoms. The number of rotatable bonds is 4. The number of hydrogen-bond acceptors (Lipinski definition) is 6. The highest BCUT2D eigenvalue weighted by Crippen LogP contribution is 2.35. The Hall–Kier alpha value is -3.25. The van der Waals surface area contributed by atoms with Gasteiger partial charge < -0.3 is 10.2 Å². The van der Waals surface area contributed by atoms with Crippen molar-refractivity contribution in [3.05, 3.63) is 59.6 Å². The Morgan fingerprint density at radius 1 is 0.821 bits per heavy atom. The van der Waals surface area contributed by atoms with E-state index in [1.807, 2.05) is 80.6 Å². The number of aromatic nitrogens is 4. The fraction of sp³-hybridized carbons (Fsp3) is 0.143. The molecule has 0 fully saturated rings. The summed E-state index contributed by atoms with van der Waals surface area (Å²) in [7, 11) is 5.59. The Kier molecular flexibility index (Phi) is 4.79. The van der Waals surface area contributed by atoms with Crippen LogP contribution in [0.5, 0.6) is 0 Å². The zero-order chi connectivity index (χ0) is 19.7. The standard InChI is InChI=1S/C21H19ClN6/c1-23-19-18-20(27-21(26-19)28(2)3)25-17(14-11-7-8-12-15(14)22)16(24-18)13-9-5-4-6-10-13/h4-12H,1-3H3,(H,23,25,26,27). The van der Waals surface area contributed by atoms with E-state index in [0.717, 1.165) is 16.8 Å². The summed E-state index contributed by atoms with van der Waals surface area (Å²) in [4.78, 5) is 20.8. The average molecular weight is 391 g/mol. The minimum atomic E-state index is 0.512. The SMILES string of the molecule is CNc1nc(N(C)C)nc2nc(-c3ccccc3Cl)c(-c3ccccc3)nc12. The molecule has 0 amide bonds. The van der Waals surface area contributed by atoms with Crippen molar-refractivity contribution in [2.24, 2.45) is 0 Å². The Morgan fingerprint density at radius 2 is 1.54 bits per heavy atom. The van der Waals surface area contributed by atoms with Crippen LogP contribution in [0.1, 0.15) is 0 Å². The smallest absolute Gasteiger partial charge is 0.228 e. The van der Waals surface area contributed by atoms with Gasteiger partial charge >= 0.3 is 0 Å². The summed E-state index contributed by atoms with van der Waals surface area (Å²) in [6, 6.07) is 17.6. The van der Waals surface area contributed by atoms with Crippen LogP contribution in [0.15, 0.2) is 54.6 Å². The van der Waals surface area contributed by atoms with E-state index in [9.17, 15) is 0 Å². The van der Waals surface area contributed by atoms with Gasteiger partial charge in [0.1, 0.15) is 5.69 Å². The number of halogens is 1. The first-order valence-electron chi connectivity index (χ1n) is 8.83. The molecular weight excluding hydrogens is 372 g/mol. The molecule has 0 radical (unpaired) electrons. The van der Waals surface area contributed by atoms with Crippen LogP contribution in [-0.2, 0) is 0 Å². The number of hydrogen-bond donors (Lipinski definition) is 1. The van der Waals surface area contributed by atoms with Gasteiger partial charge in [-0.1, -0.05) is 60.1 Å². The average Bonchev–Trinajstić information content (AvgIpc) is 2.73. The van der Waals surface area contributed by atoms with Gasteiger partial charge in [0.05, 0.1) is 10.7 Å². The van der Waals surface area contributed by atoms with Crippen LogP contribution in [-0.4, -0.2) is 41.1 Å². The third-order valence-corrected chi connectivity index (χ3v) is 4.66. The molecule has 2 heterocycles. The molecular formula is C21H19ClN6. The van der Waals surface area contributed by atoms with E-state index in [1.165, 1.54) is 0 Å². The van der Waals surface area contributed by atoms with Crippen molar-refractivity contribution >= 4 is 34.5 Å². The minimum Gasteiger partial charge on any atom is -0.371 e. The summed E-state index contributed by atoms with van der Waals surface area (Å²) in [5.41, 5.74) is 4.31. The van der Waals surface area contributed by atoms with Gasteiger partial charge in [0, 0.05) is 32.3 Å². The van der Waals surface area contributed by atoms with Crippen LogP contribution in [0, 0.1) is 0 Å². The molecule has 0 saturated heterocycles. The molecule has 4 aromatic rings. The fourth-order valence-electron chi connectivity index (χ4n) is 2.95. The van der Waals surface area contributed by atoms with Crippen molar-refractivity contribution in [1.82, 2.24) is 19.9 Å². The van der Waals surface area contributed by atoms with Crippen LogP contribution >= 0.6 is 11.6 Å². The topological polar surface area (TPSA) is 66.8 Å². The Bertz CT molecular complexity index is 1140. The van der Waals surface area contributed by atoms with Crippen molar-refractivity contribution in [2.75, 3.05) is 31.4 Å². The van der Waals surface area contributed by atoms with E-state index in [-0.39, 0.29) is 0 Å². The first kappa shape index (κ1) is 18.1. The largest absolute Gasteiger partial charge is 0.371 e. The quantitative estimate of drug-likeness (QED) is 0.552. The van der Waals surface area contributed by atoms with E-state index >= 15 is 0 Å². The third kappa shape index (κ3) is 3.23. The molecule has 2 aromatic heterocycles. The maximum absolute atomic E-state index is 6.49. The van der Waals surface area contributed by atoms with E-state index in [1.54, 1.807) is 0 Å². The lowest BCUT2D eigenvalue weighted by Gasteiger charge is -2.15. The van der Waals surface area contributed by atoms with Gasteiger partial charge in [-0.15, -0.1) is 0 Å². The Balaban J connectivity index is 2.09. The van der Waals surface area contributed by atoms with Crippen molar-refractivity contribution in [3.8, 4) is 22.5 Å². The summed E-state index contributed by atoms with van der Waals surface area (Å²) < 4.78 is 0. The number of nitrogens with zero attached hydrogens (tertiary/aromatic N) is 5. The zero-order valence-electron chi connectivity index (χ0n) is 15.8. The molecule has 0 unspecified atom stereocenters. The van der Waals surface area contributed by atoms with Gasteiger partial charge in [0.25, 0.3) is 0 Å². The number of fused-ring (bicyclic) bond motifs is 1. The highest BCUT2D eigenvalue weighted by atomic mass is 35.5. The van der Waals surface area contributed by atoms with Gasteiger partial charge in [-0.25, -0.2) is 9.97 Å². The van der Waals surface area contributed by atoms with Crippen LogP contribution in [0.3, 0.4) is 0 Å². The second-order valence-corrected chi connectivity index (χ2v) is 6.86. The molecule has 140 valence electrons. The van der Waals surface area contributed by atoms with E-state index < -0.39 is 0 Å². The zero-order valence-corrected chi connectivity index (χ0v) is 16.6. The Labute approximate surface area is 168 Å². The van der Waals surface area contributed by atoms with Crippen molar-refractivity contribution in [1.29, 1.82) is 0 Å². The van der Waals surface area contributed by atoms with Gasteiger partial charge in [-0.3, -0.25) is 0 Å². The highest BCUT2D eigenvalue weighted by Gasteiger charge is 2.19. The van der Waals surface area contributed by atoms with Gasteiger partial charge in [-0.2, -0.15) is 9.97 Å². The van der Waals surface area contributed by atoms with Gasteiger partial charge in [-0.05, 0) is 6.07 Å². The predicted octanol–water partition coefficient (Wildman–Crippen LogP) is 4.51. The molecule has 1 N–H and O–H groups in total. The molecule has 7 heteroatoms. The Morgan fingerprint density at radius 3 is 2.21 bits per heavy atom. The normalized spacial score (nSPS) is 10.9. The molecule has 4 rings (SSSR count). The number of benzene rings is 2. The van der Waals surface area contributed by atoms with Crippen molar-refractivity contribution in [2.45, 2.75) is 0 Å². The summed E-state index contributed by atoms with van der Waals surface area (Å²) in [5, 5.41) is 3.72. The van der Waals surface area contributed by atoms with Crippen molar-refractivity contribution in [3.63, 3.8) is 0 Å². The van der Waals surface area contributed by atoms with Gasteiger partial charge in [0.2, 0.25) is 5.95 Å². The van der Waals surface area contributed by atoms with E-state index in [0.29, 0.717) is 33.6 Å². The number of anilines is 2. The fourth-order valence-corrected chi connectivity index (χ4v) is 3.17. The van der Waals surface area contributed by atoms with Crippen LogP contribution in [0.4, 0.5) is 11.8 Å². The lowest BCUT2D eigenvalue weighted by Crippen LogP contribution is -2.14. The molecule has 0 aliphatic carbocycles. The van der Waals surface area contributed by atoms with E-state index in [2.05, 4.69) is 15.3 Å². The highest BCUT2D eigenvalue weighted by molar-refractivity contribution is 6.33. The maximum atomic E-state index is 6.49. The molecule has 6 nitrogen and oxygen atoms in total. The lowest BCUT2D eigenvalue weighted by atomic mass is 10.0. The van der Waals surface area contributed by atoms with Gasteiger partial charge in [0.15, 0.2) is 17.0 Å². The maximum Gasteiger partial charge on any atom is 0.228 e. The first-order chi connectivity index (χ1) is 13.6. The summed E-state index contributed by atoms with van der Waals surface area (Å²) in [6.45, 7) is 0. The molecule has 0 aliphatic rings. The molecule has 0 atom stereocenters. The van der Waals surface area contributed by atoms with Crippen molar-refractivity contribution < 1.29 is 0 Å².